The van der Waals surface area contributed by atoms with Crippen LogP contribution in [0.1, 0.15) is 5.56 Å². The van der Waals surface area contributed by atoms with Gasteiger partial charge in [-0.15, -0.1) is 0 Å². The molecule has 0 saturated carbocycles. The number of aliphatic hydroxyl groups is 1. The topological polar surface area (TPSA) is 53.4 Å². The fourth-order valence-electron chi connectivity index (χ4n) is 1.43. The second kappa shape index (κ2) is 4.11. The van der Waals surface area contributed by atoms with E-state index in [2.05, 4.69) is 4.98 Å². The Bertz CT molecular complexity index is 454. The highest BCUT2D eigenvalue weighted by Gasteiger charge is 2.03. The van der Waals surface area contributed by atoms with E-state index < -0.39 is 0 Å². The standard InChI is InChI=1S/C12H11NO2/c14-8-11-6-9(3-4-12(11)15)10-2-1-5-13-7-10/h1-7,14-15H,8H2. The van der Waals surface area contributed by atoms with Crippen molar-refractivity contribution in [3.8, 4) is 16.9 Å². The molecule has 0 radical (unpaired) electrons. The molecule has 0 atom stereocenters. The summed E-state index contributed by atoms with van der Waals surface area (Å²) < 4.78 is 0. The van der Waals surface area contributed by atoms with Crippen molar-refractivity contribution < 1.29 is 10.2 Å². The van der Waals surface area contributed by atoms with Gasteiger partial charge in [0.2, 0.25) is 0 Å². The maximum atomic E-state index is 9.41. The molecule has 1 aromatic carbocycles. The Morgan fingerprint density at radius 2 is 2.00 bits per heavy atom. The highest BCUT2D eigenvalue weighted by atomic mass is 16.3. The minimum atomic E-state index is -0.167. The van der Waals surface area contributed by atoms with Gasteiger partial charge in [-0.2, -0.15) is 0 Å². The van der Waals surface area contributed by atoms with Crippen molar-refractivity contribution >= 4 is 0 Å². The van der Waals surface area contributed by atoms with Crippen molar-refractivity contribution in [1.29, 1.82) is 0 Å². The highest BCUT2D eigenvalue weighted by molar-refractivity contribution is 5.64. The second-order valence-corrected chi connectivity index (χ2v) is 3.24. The molecule has 1 heterocycles. The SMILES string of the molecule is OCc1cc(-c2cccnc2)ccc1O. The van der Waals surface area contributed by atoms with E-state index in [0.717, 1.165) is 11.1 Å². The lowest BCUT2D eigenvalue weighted by Gasteiger charge is -2.05. The maximum absolute atomic E-state index is 9.41. The van der Waals surface area contributed by atoms with Crippen LogP contribution in [0.25, 0.3) is 11.1 Å². The molecule has 76 valence electrons. The summed E-state index contributed by atoms with van der Waals surface area (Å²) in [6.07, 6.45) is 3.45. The third-order valence-electron chi connectivity index (χ3n) is 2.24. The molecule has 2 aromatic rings. The lowest BCUT2D eigenvalue weighted by atomic mass is 10.0. The molecule has 0 aliphatic rings. The minimum Gasteiger partial charge on any atom is -0.508 e. The number of benzene rings is 1. The molecular weight excluding hydrogens is 190 g/mol. The monoisotopic (exact) mass is 201 g/mol. The van der Waals surface area contributed by atoms with E-state index in [0.29, 0.717) is 5.56 Å². The molecule has 2 N–H and O–H groups in total. The molecule has 0 amide bonds. The van der Waals surface area contributed by atoms with Crippen molar-refractivity contribution in [2.75, 3.05) is 0 Å². The molecule has 0 bridgehead atoms. The molecule has 0 aliphatic heterocycles. The smallest absolute Gasteiger partial charge is 0.121 e. The summed E-state index contributed by atoms with van der Waals surface area (Å²) in [5, 5.41) is 18.4. The van der Waals surface area contributed by atoms with Gasteiger partial charge in [-0.05, 0) is 23.8 Å². The summed E-state index contributed by atoms with van der Waals surface area (Å²) in [5.74, 6) is 0.116. The fraction of sp³-hybridized carbons (Fsp3) is 0.0833. The van der Waals surface area contributed by atoms with Crippen LogP contribution in [0.5, 0.6) is 5.75 Å². The maximum Gasteiger partial charge on any atom is 0.121 e. The number of aromatic nitrogens is 1. The van der Waals surface area contributed by atoms with Crippen molar-refractivity contribution in [1.82, 2.24) is 4.98 Å². The average molecular weight is 201 g/mol. The molecule has 0 unspecified atom stereocenters. The van der Waals surface area contributed by atoms with Crippen LogP contribution in [0.2, 0.25) is 0 Å². The zero-order valence-electron chi connectivity index (χ0n) is 8.09. The Morgan fingerprint density at radius 1 is 1.13 bits per heavy atom. The fourth-order valence-corrected chi connectivity index (χ4v) is 1.43. The molecule has 0 aliphatic carbocycles. The van der Waals surface area contributed by atoms with Crippen LogP contribution < -0.4 is 0 Å². The number of hydrogen-bond acceptors (Lipinski definition) is 3. The molecule has 3 heteroatoms. The average Bonchev–Trinajstić information content (AvgIpc) is 2.31. The largest absolute Gasteiger partial charge is 0.508 e. The van der Waals surface area contributed by atoms with Crippen LogP contribution in [-0.2, 0) is 6.61 Å². The number of pyridine rings is 1. The highest BCUT2D eigenvalue weighted by Crippen LogP contribution is 2.25. The number of aliphatic hydroxyl groups excluding tert-OH is 1. The van der Waals surface area contributed by atoms with Gasteiger partial charge in [-0.3, -0.25) is 4.98 Å². The van der Waals surface area contributed by atoms with Crippen LogP contribution >= 0.6 is 0 Å². The zero-order chi connectivity index (χ0) is 10.7. The van der Waals surface area contributed by atoms with Crippen LogP contribution in [0, 0.1) is 0 Å². The van der Waals surface area contributed by atoms with Gasteiger partial charge < -0.3 is 10.2 Å². The van der Waals surface area contributed by atoms with E-state index in [1.54, 1.807) is 30.6 Å². The van der Waals surface area contributed by atoms with Crippen molar-refractivity contribution in [3.63, 3.8) is 0 Å². The number of phenols is 1. The predicted molar refractivity (Wildman–Crippen MR) is 57.3 cm³/mol. The summed E-state index contributed by atoms with van der Waals surface area (Å²) in [6, 6.07) is 8.91. The van der Waals surface area contributed by atoms with Crippen LogP contribution in [0.3, 0.4) is 0 Å². The molecule has 2 rings (SSSR count). The molecular formula is C12H11NO2. The van der Waals surface area contributed by atoms with Crippen LogP contribution in [0.4, 0.5) is 0 Å². The molecule has 0 fully saturated rings. The number of nitrogens with zero attached hydrogens (tertiary/aromatic N) is 1. The van der Waals surface area contributed by atoms with Gasteiger partial charge in [0, 0.05) is 23.5 Å². The lowest BCUT2D eigenvalue weighted by Crippen LogP contribution is -1.86. The molecule has 0 spiro atoms. The quantitative estimate of drug-likeness (QED) is 0.780. The molecule has 0 saturated heterocycles. The van der Waals surface area contributed by atoms with Gasteiger partial charge in [0.25, 0.3) is 0 Å². The Balaban J connectivity index is 2.46. The van der Waals surface area contributed by atoms with Crippen molar-refractivity contribution in [3.05, 3.63) is 48.3 Å². The van der Waals surface area contributed by atoms with Gasteiger partial charge in [0.1, 0.15) is 5.75 Å². The molecule has 15 heavy (non-hydrogen) atoms. The first-order chi connectivity index (χ1) is 7.31. The second-order valence-electron chi connectivity index (χ2n) is 3.24. The summed E-state index contributed by atoms with van der Waals surface area (Å²) in [7, 11) is 0. The predicted octanol–water partition coefficient (Wildman–Crippen LogP) is 1.95. The number of rotatable bonds is 2. The first kappa shape index (κ1) is 9.68. The third kappa shape index (κ3) is 1.97. The van der Waals surface area contributed by atoms with Crippen LogP contribution in [-0.4, -0.2) is 15.2 Å². The Kier molecular flexibility index (Phi) is 2.65. The van der Waals surface area contributed by atoms with Gasteiger partial charge in [-0.25, -0.2) is 0 Å². The van der Waals surface area contributed by atoms with Gasteiger partial charge >= 0.3 is 0 Å². The molecule has 1 aromatic heterocycles. The zero-order valence-corrected chi connectivity index (χ0v) is 8.09. The normalized spacial score (nSPS) is 10.2. The first-order valence-corrected chi connectivity index (χ1v) is 4.64. The van der Waals surface area contributed by atoms with E-state index in [4.69, 9.17) is 5.11 Å². The summed E-state index contributed by atoms with van der Waals surface area (Å²) in [5.41, 5.74) is 2.42. The van der Waals surface area contributed by atoms with Crippen molar-refractivity contribution in [2.45, 2.75) is 6.61 Å². The van der Waals surface area contributed by atoms with E-state index in [9.17, 15) is 5.11 Å². The van der Waals surface area contributed by atoms with Gasteiger partial charge in [0.15, 0.2) is 0 Å². The Hall–Kier alpha value is -1.87. The van der Waals surface area contributed by atoms with E-state index in [-0.39, 0.29) is 12.4 Å². The van der Waals surface area contributed by atoms with E-state index >= 15 is 0 Å². The summed E-state index contributed by atoms with van der Waals surface area (Å²) >= 11 is 0. The summed E-state index contributed by atoms with van der Waals surface area (Å²) in [6.45, 7) is -0.167. The van der Waals surface area contributed by atoms with E-state index in [1.807, 2.05) is 12.1 Å². The van der Waals surface area contributed by atoms with Gasteiger partial charge in [-0.1, -0.05) is 12.1 Å². The third-order valence-corrected chi connectivity index (χ3v) is 2.24. The Morgan fingerprint density at radius 3 is 2.67 bits per heavy atom. The first-order valence-electron chi connectivity index (χ1n) is 4.64. The van der Waals surface area contributed by atoms with Crippen LogP contribution in [0.15, 0.2) is 42.7 Å². The number of hydrogen-bond donors (Lipinski definition) is 2. The minimum absolute atomic E-state index is 0.116. The van der Waals surface area contributed by atoms with Crippen molar-refractivity contribution in [2.24, 2.45) is 0 Å². The number of aromatic hydroxyl groups is 1. The van der Waals surface area contributed by atoms with E-state index in [1.165, 1.54) is 0 Å². The molecule has 3 nitrogen and oxygen atoms in total. The lowest BCUT2D eigenvalue weighted by molar-refractivity contribution is 0.275. The summed E-state index contributed by atoms with van der Waals surface area (Å²) in [4.78, 5) is 4.01. The Labute approximate surface area is 87.7 Å². The van der Waals surface area contributed by atoms with Gasteiger partial charge in [0.05, 0.1) is 6.61 Å².